The van der Waals surface area contributed by atoms with Crippen molar-refractivity contribution in [2.24, 2.45) is 5.73 Å². The smallest absolute Gasteiger partial charge is 0.120 e. The second-order valence-corrected chi connectivity index (χ2v) is 4.76. The van der Waals surface area contributed by atoms with Crippen LogP contribution in [0.25, 0.3) is 10.9 Å². The molecule has 0 unspecified atom stereocenters. The van der Waals surface area contributed by atoms with E-state index in [0.717, 1.165) is 23.1 Å². The van der Waals surface area contributed by atoms with Crippen LogP contribution in [0.1, 0.15) is 20.3 Å². The maximum absolute atomic E-state index is 5.94. The van der Waals surface area contributed by atoms with Crippen molar-refractivity contribution < 1.29 is 4.74 Å². The van der Waals surface area contributed by atoms with Crippen LogP contribution in [0.4, 0.5) is 0 Å². The molecular formula is C14H18N2O. The average Bonchev–Trinajstić information content (AvgIpc) is 2.28. The molecule has 2 aromatic rings. The first-order valence-corrected chi connectivity index (χ1v) is 5.85. The topological polar surface area (TPSA) is 48.1 Å². The molecule has 0 bridgehead atoms. The summed E-state index contributed by atoms with van der Waals surface area (Å²) in [4.78, 5) is 4.28. The summed E-state index contributed by atoms with van der Waals surface area (Å²) in [5.41, 5.74) is 6.32. The highest BCUT2D eigenvalue weighted by molar-refractivity contribution is 5.79. The molecule has 1 aromatic heterocycles. The van der Waals surface area contributed by atoms with Gasteiger partial charge in [-0.3, -0.25) is 4.98 Å². The van der Waals surface area contributed by atoms with Gasteiger partial charge in [0.1, 0.15) is 11.4 Å². The number of ether oxygens (including phenoxy) is 1. The van der Waals surface area contributed by atoms with Crippen LogP contribution in [-0.4, -0.2) is 17.1 Å². The van der Waals surface area contributed by atoms with Gasteiger partial charge < -0.3 is 10.5 Å². The van der Waals surface area contributed by atoms with E-state index in [1.54, 1.807) is 6.20 Å². The first-order valence-electron chi connectivity index (χ1n) is 5.85. The lowest BCUT2D eigenvalue weighted by Crippen LogP contribution is -2.31. The fourth-order valence-electron chi connectivity index (χ4n) is 1.83. The predicted octanol–water partition coefficient (Wildman–Crippen LogP) is 2.74. The number of benzene rings is 1. The van der Waals surface area contributed by atoms with Crippen LogP contribution in [0.3, 0.4) is 0 Å². The third-order valence-electron chi connectivity index (χ3n) is 2.72. The van der Waals surface area contributed by atoms with E-state index in [9.17, 15) is 0 Å². The summed E-state index contributed by atoms with van der Waals surface area (Å²) in [7, 11) is 0. The number of aromatic nitrogens is 1. The maximum Gasteiger partial charge on any atom is 0.120 e. The molecule has 0 spiro atoms. The summed E-state index contributed by atoms with van der Waals surface area (Å²) in [5.74, 6) is 0.865. The molecule has 0 saturated carbocycles. The Morgan fingerprint density at radius 1 is 1.29 bits per heavy atom. The summed E-state index contributed by atoms with van der Waals surface area (Å²) in [6.07, 6.45) is 2.62. The zero-order valence-corrected chi connectivity index (χ0v) is 10.3. The Morgan fingerprint density at radius 2 is 2.12 bits per heavy atom. The highest BCUT2D eigenvalue weighted by atomic mass is 16.5. The van der Waals surface area contributed by atoms with Gasteiger partial charge in [-0.1, -0.05) is 6.07 Å². The average molecular weight is 230 g/mol. The van der Waals surface area contributed by atoms with Gasteiger partial charge in [0.25, 0.3) is 0 Å². The Morgan fingerprint density at radius 3 is 2.88 bits per heavy atom. The molecule has 0 aliphatic carbocycles. The molecule has 0 atom stereocenters. The van der Waals surface area contributed by atoms with Crippen molar-refractivity contribution in [3.05, 3.63) is 36.5 Å². The second kappa shape index (κ2) is 4.72. The summed E-state index contributed by atoms with van der Waals surface area (Å²) < 4.78 is 5.94. The molecule has 0 fully saturated rings. The van der Waals surface area contributed by atoms with Crippen LogP contribution in [-0.2, 0) is 0 Å². The summed E-state index contributed by atoms with van der Waals surface area (Å²) in [6.45, 7) is 4.72. The van der Waals surface area contributed by atoms with Gasteiger partial charge in [-0.15, -0.1) is 0 Å². The Labute approximate surface area is 102 Å². The van der Waals surface area contributed by atoms with E-state index < -0.39 is 0 Å². The van der Waals surface area contributed by atoms with Crippen molar-refractivity contribution in [3.63, 3.8) is 0 Å². The minimum Gasteiger partial charge on any atom is -0.488 e. The number of fused-ring (bicyclic) bond motifs is 1. The molecule has 3 heteroatoms. The first-order chi connectivity index (χ1) is 8.11. The van der Waals surface area contributed by atoms with Gasteiger partial charge in [-0.05, 0) is 51.1 Å². The molecule has 3 nitrogen and oxygen atoms in total. The number of pyridine rings is 1. The van der Waals surface area contributed by atoms with Gasteiger partial charge in [0.05, 0.1) is 5.52 Å². The van der Waals surface area contributed by atoms with Crippen molar-refractivity contribution >= 4 is 10.9 Å². The van der Waals surface area contributed by atoms with Gasteiger partial charge in [-0.25, -0.2) is 0 Å². The monoisotopic (exact) mass is 230 g/mol. The predicted molar refractivity (Wildman–Crippen MR) is 70.1 cm³/mol. The lowest BCUT2D eigenvalue weighted by molar-refractivity contribution is 0.102. The van der Waals surface area contributed by atoms with Crippen LogP contribution in [0.2, 0.25) is 0 Å². The molecule has 90 valence electrons. The van der Waals surface area contributed by atoms with Crippen LogP contribution in [0.15, 0.2) is 36.5 Å². The molecule has 0 amide bonds. The Bertz CT molecular complexity index is 508. The Balaban J connectivity index is 2.25. The minimum atomic E-state index is -0.232. The highest BCUT2D eigenvalue weighted by Crippen LogP contribution is 2.24. The van der Waals surface area contributed by atoms with E-state index in [0.29, 0.717) is 6.54 Å². The van der Waals surface area contributed by atoms with Crippen LogP contribution >= 0.6 is 0 Å². The van der Waals surface area contributed by atoms with E-state index in [2.05, 4.69) is 4.98 Å². The van der Waals surface area contributed by atoms with E-state index >= 15 is 0 Å². The quantitative estimate of drug-likeness (QED) is 0.878. The summed E-state index contributed by atoms with van der Waals surface area (Å²) in [6, 6.07) is 9.90. The molecule has 2 N–H and O–H groups in total. The third-order valence-corrected chi connectivity index (χ3v) is 2.72. The molecule has 1 aromatic carbocycles. The van der Waals surface area contributed by atoms with Crippen molar-refractivity contribution in [3.8, 4) is 5.75 Å². The van der Waals surface area contributed by atoms with Gasteiger partial charge >= 0.3 is 0 Å². The van der Waals surface area contributed by atoms with Crippen LogP contribution < -0.4 is 10.5 Å². The molecular weight excluding hydrogens is 212 g/mol. The van der Waals surface area contributed by atoms with Gasteiger partial charge in [0.15, 0.2) is 0 Å². The minimum absolute atomic E-state index is 0.232. The number of nitrogens with two attached hydrogens (primary N) is 1. The summed E-state index contributed by atoms with van der Waals surface area (Å²) in [5, 5.41) is 1.09. The lowest BCUT2D eigenvalue weighted by Gasteiger charge is -2.26. The second-order valence-electron chi connectivity index (χ2n) is 4.76. The van der Waals surface area contributed by atoms with Crippen molar-refractivity contribution in [1.82, 2.24) is 4.98 Å². The number of hydrogen-bond acceptors (Lipinski definition) is 3. The fourth-order valence-corrected chi connectivity index (χ4v) is 1.83. The molecule has 0 aliphatic heterocycles. The number of nitrogens with zero attached hydrogens (tertiary/aromatic N) is 1. The highest BCUT2D eigenvalue weighted by Gasteiger charge is 2.18. The van der Waals surface area contributed by atoms with Gasteiger partial charge in [0.2, 0.25) is 0 Å². The van der Waals surface area contributed by atoms with Gasteiger partial charge in [-0.2, -0.15) is 0 Å². The molecule has 2 rings (SSSR count). The van der Waals surface area contributed by atoms with E-state index in [1.165, 1.54) is 0 Å². The van der Waals surface area contributed by atoms with E-state index in [-0.39, 0.29) is 5.60 Å². The molecule has 0 radical (unpaired) electrons. The SMILES string of the molecule is CC(C)(CCN)Oc1ccc2ncccc2c1. The Hall–Kier alpha value is -1.61. The third kappa shape index (κ3) is 2.94. The van der Waals surface area contributed by atoms with Crippen molar-refractivity contribution in [2.75, 3.05) is 6.54 Å². The molecule has 17 heavy (non-hydrogen) atoms. The standard InChI is InChI=1S/C14H18N2O/c1-14(2,7-8-15)17-12-5-6-13-11(10-12)4-3-9-16-13/h3-6,9-10H,7-8,15H2,1-2H3. The normalized spacial score (nSPS) is 11.7. The van der Waals surface area contributed by atoms with Gasteiger partial charge in [0, 0.05) is 11.6 Å². The first kappa shape index (κ1) is 11.9. The van der Waals surface area contributed by atoms with Crippen molar-refractivity contribution in [1.29, 1.82) is 0 Å². The van der Waals surface area contributed by atoms with Crippen LogP contribution in [0.5, 0.6) is 5.75 Å². The molecule has 0 saturated heterocycles. The van der Waals surface area contributed by atoms with Crippen molar-refractivity contribution in [2.45, 2.75) is 25.9 Å². The molecule has 0 aliphatic rings. The zero-order valence-electron chi connectivity index (χ0n) is 10.3. The lowest BCUT2D eigenvalue weighted by atomic mass is 10.1. The summed E-state index contributed by atoms with van der Waals surface area (Å²) >= 11 is 0. The largest absolute Gasteiger partial charge is 0.488 e. The van der Waals surface area contributed by atoms with E-state index in [1.807, 2.05) is 44.2 Å². The van der Waals surface area contributed by atoms with E-state index in [4.69, 9.17) is 10.5 Å². The number of rotatable bonds is 4. The van der Waals surface area contributed by atoms with Crippen LogP contribution in [0, 0.1) is 0 Å². The maximum atomic E-state index is 5.94. The fraction of sp³-hybridized carbons (Fsp3) is 0.357. The number of hydrogen-bond donors (Lipinski definition) is 1. The molecule has 1 heterocycles. The zero-order chi connectivity index (χ0) is 12.3. The Kier molecular flexibility index (Phi) is 3.29.